The third-order valence-electron chi connectivity index (χ3n) is 4.79. The Hall–Kier alpha value is -3.22. The summed E-state index contributed by atoms with van der Waals surface area (Å²) in [5.74, 6) is -0.308. The van der Waals surface area contributed by atoms with Crippen LogP contribution in [0.5, 0.6) is 0 Å². The first-order chi connectivity index (χ1) is 13.0. The summed E-state index contributed by atoms with van der Waals surface area (Å²) >= 11 is 0. The lowest BCUT2D eigenvalue weighted by Gasteiger charge is -2.33. The summed E-state index contributed by atoms with van der Waals surface area (Å²) in [4.78, 5) is 36.7. The molecule has 140 valence electrons. The number of nitrogens with zero attached hydrogens (tertiary/aromatic N) is 2. The van der Waals surface area contributed by atoms with E-state index in [1.165, 1.54) is 13.0 Å². The average Bonchev–Trinajstić information content (AvgIpc) is 2.68. The number of nitro benzene ring substituents is 1. The van der Waals surface area contributed by atoms with Gasteiger partial charge in [-0.05, 0) is 44.0 Å². The monoisotopic (exact) mass is 367 g/mol. The molecule has 0 unspecified atom stereocenters. The highest BCUT2D eigenvalue weighted by molar-refractivity contribution is 5.95. The maximum Gasteiger partial charge on any atom is 0.293 e. The molecule has 2 aromatic rings. The molecular formula is C20H21N3O4. The van der Waals surface area contributed by atoms with Gasteiger partial charge >= 0.3 is 0 Å². The van der Waals surface area contributed by atoms with E-state index in [9.17, 15) is 19.7 Å². The van der Waals surface area contributed by atoms with E-state index in [4.69, 9.17) is 0 Å². The van der Waals surface area contributed by atoms with Crippen LogP contribution in [0.15, 0.2) is 48.5 Å². The van der Waals surface area contributed by atoms with Crippen LogP contribution < -0.4 is 10.2 Å². The van der Waals surface area contributed by atoms with Crippen molar-refractivity contribution in [1.82, 2.24) is 5.32 Å². The first-order valence-electron chi connectivity index (χ1n) is 8.86. The number of carbonyl (C=O) groups is 2. The zero-order valence-corrected chi connectivity index (χ0v) is 15.1. The van der Waals surface area contributed by atoms with Crippen molar-refractivity contribution < 1.29 is 14.5 Å². The highest BCUT2D eigenvalue weighted by Gasteiger charge is 2.26. The third-order valence-corrected chi connectivity index (χ3v) is 4.79. The van der Waals surface area contributed by atoms with Gasteiger partial charge in [0, 0.05) is 36.3 Å². The van der Waals surface area contributed by atoms with E-state index in [0.717, 1.165) is 0 Å². The molecule has 1 aliphatic heterocycles. The Bertz CT molecular complexity index is 859. The molecule has 27 heavy (non-hydrogen) atoms. The summed E-state index contributed by atoms with van der Waals surface area (Å²) in [5.41, 5.74) is 1.40. The molecule has 1 heterocycles. The number of nitro groups is 1. The zero-order valence-electron chi connectivity index (χ0n) is 15.1. The van der Waals surface area contributed by atoms with Gasteiger partial charge in [-0.3, -0.25) is 19.7 Å². The first-order valence-corrected chi connectivity index (χ1v) is 8.86. The van der Waals surface area contributed by atoms with Crippen molar-refractivity contribution in [3.63, 3.8) is 0 Å². The standard InChI is InChI=1S/C20H21N3O4/c1-14(24)16-7-8-18(19(13-16)23(26)27)22-11-9-17(10-12-22)21-20(25)15-5-3-2-4-6-15/h2-8,13,17H,9-12H2,1H3,(H,21,25). The minimum Gasteiger partial charge on any atom is -0.366 e. The second-order valence-corrected chi connectivity index (χ2v) is 6.62. The quantitative estimate of drug-likeness (QED) is 0.498. The van der Waals surface area contributed by atoms with E-state index < -0.39 is 4.92 Å². The highest BCUT2D eigenvalue weighted by Crippen LogP contribution is 2.31. The number of ketones is 1. The van der Waals surface area contributed by atoms with Crippen LogP contribution in [-0.4, -0.2) is 35.7 Å². The number of carbonyl (C=O) groups excluding carboxylic acids is 2. The number of hydrogen-bond acceptors (Lipinski definition) is 5. The van der Waals surface area contributed by atoms with Crippen LogP contribution in [0, 0.1) is 10.1 Å². The Morgan fingerprint density at radius 3 is 2.33 bits per heavy atom. The van der Waals surface area contributed by atoms with E-state index in [0.29, 0.717) is 42.7 Å². The topological polar surface area (TPSA) is 92.6 Å². The van der Waals surface area contributed by atoms with Gasteiger partial charge in [-0.1, -0.05) is 18.2 Å². The van der Waals surface area contributed by atoms with E-state index in [2.05, 4.69) is 5.32 Å². The smallest absolute Gasteiger partial charge is 0.293 e. The van der Waals surface area contributed by atoms with E-state index in [1.807, 2.05) is 23.1 Å². The van der Waals surface area contributed by atoms with Crippen LogP contribution in [0.25, 0.3) is 0 Å². The number of anilines is 1. The minimum absolute atomic E-state index is 0.0319. The van der Waals surface area contributed by atoms with Gasteiger partial charge in [-0.25, -0.2) is 0 Å². The van der Waals surface area contributed by atoms with Crippen molar-refractivity contribution in [1.29, 1.82) is 0 Å². The normalized spacial score (nSPS) is 14.6. The molecule has 1 N–H and O–H groups in total. The molecule has 7 nitrogen and oxygen atoms in total. The molecule has 2 aromatic carbocycles. The first kappa shape index (κ1) is 18.6. The zero-order chi connectivity index (χ0) is 19.4. The summed E-state index contributed by atoms with van der Waals surface area (Å²) < 4.78 is 0. The van der Waals surface area contributed by atoms with E-state index >= 15 is 0 Å². The van der Waals surface area contributed by atoms with Gasteiger partial charge in [0.05, 0.1) is 4.92 Å². The summed E-state index contributed by atoms with van der Waals surface area (Å²) in [7, 11) is 0. The van der Waals surface area contributed by atoms with Crippen LogP contribution in [0.4, 0.5) is 11.4 Å². The fourth-order valence-corrected chi connectivity index (χ4v) is 3.28. The molecule has 0 bridgehead atoms. The molecular weight excluding hydrogens is 346 g/mol. The molecule has 1 fully saturated rings. The summed E-state index contributed by atoms with van der Waals surface area (Å²) in [6, 6.07) is 13.7. The lowest BCUT2D eigenvalue weighted by molar-refractivity contribution is -0.384. The van der Waals surface area contributed by atoms with Gasteiger partial charge < -0.3 is 10.2 Å². The number of nitrogens with one attached hydrogen (secondary N) is 1. The molecule has 1 aliphatic rings. The fraction of sp³-hybridized carbons (Fsp3) is 0.300. The molecule has 0 spiro atoms. The van der Waals surface area contributed by atoms with Crippen molar-refractivity contribution >= 4 is 23.1 Å². The largest absolute Gasteiger partial charge is 0.366 e. The van der Waals surface area contributed by atoms with Crippen molar-refractivity contribution in [3.05, 3.63) is 69.8 Å². The number of Topliss-reactive ketones (excluding diaryl/α,β-unsaturated/α-hetero) is 1. The molecule has 7 heteroatoms. The van der Waals surface area contributed by atoms with Crippen LogP contribution in [-0.2, 0) is 0 Å². The van der Waals surface area contributed by atoms with E-state index in [-0.39, 0.29) is 23.4 Å². The number of amides is 1. The Balaban J connectivity index is 1.66. The highest BCUT2D eigenvalue weighted by atomic mass is 16.6. The molecule has 1 saturated heterocycles. The Morgan fingerprint density at radius 2 is 1.74 bits per heavy atom. The van der Waals surface area contributed by atoms with Crippen LogP contribution in [0.1, 0.15) is 40.5 Å². The Kier molecular flexibility index (Phi) is 5.49. The second kappa shape index (κ2) is 7.99. The lowest BCUT2D eigenvalue weighted by atomic mass is 10.0. The SMILES string of the molecule is CC(=O)c1ccc(N2CCC(NC(=O)c3ccccc3)CC2)c([N+](=O)[O-])c1. The molecule has 3 rings (SSSR count). The number of hydrogen-bond donors (Lipinski definition) is 1. The van der Waals surface area contributed by atoms with Gasteiger partial charge in [0.1, 0.15) is 5.69 Å². The number of benzene rings is 2. The van der Waals surface area contributed by atoms with Gasteiger partial charge in [0.15, 0.2) is 5.78 Å². The second-order valence-electron chi connectivity index (χ2n) is 6.62. The molecule has 0 radical (unpaired) electrons. The molecule has 1 amide bonds. The van der Waals surface area contributed by atoms with Crippen molar-refractivity contribution in [2.45, 2.75) is 25.8 Å². The van der Waals surface area contributed by atoms with Crippen LogP contribution >= 0.6 is 0 Å². The van der Waals surface area contributed by atoms with Crippen molar-refractivity contribution in [2.24, 2.45) is 0 Å². The summed E-state index contributed by atoms with van der Waals surface area (Å²) in [6.07, 6.45) is 1.40. The molecule has 0 saturated carbocycles. The Labute approximate surface area is 157 Å². The van der Waals surface area contributed by atoms with Crippen LogP contribution in [0.3, 0.4) is 0 Å². The van der Waals surface area contributed by atoms with Gasteiger partial charge in [0.2, 0.25) is 0 Å². The maximum atomic E-state index is 12.3. The van der Waals surface area contributed by atoms with Gasteiger partial charge in [-0.15, -0.1) is 0 Å². The molecule has 0 aliphatic carbocycles. The summed E-state index contributed by atoms with van der Waals surface area (Å²) in [5, 5.41) is 14.4. The molecule has 0 atom stereocenters. The number of rotatable bonds is 5. The fourth-order valence-electron chi connectivity index (χ4n) is 3.28. The number of piperidine rings is 1. The predicted octanol–water partition coefficient (Wildman–Crippen LogP) is 3.20. The van der Waals surface area contributed by atoms with Crippen LogP contribution in [0.2, 0.25) is 0 Å². The van der Waals surface area contributed by atoms with Crippen molar-refractivity contribution in [2.75, 3.05) is 18.0 Å². The van der Waals surface area contributed by atoms with E-state index in [1.54, 1.807) is 24.3 Å². The predicted molar refractivity (Wildman–Crippen MR) is 102 cm³/mol. The average molecular weight is 367 g/mol. The van der Waals surface area contributed by atoms with Gasteiger partial charge in [0.25, 0.3) is 11.6 Å². The Morgan fingerprint density at radius 1 is 1.07 bits per heavy atom. The lowest BCUT2D eigenvalue weighted by Crippen LogP contribution is -2.44. The van der Waals surface area contributed by atoms with Gasteiger partial charge in [-0.2, -0.15) is 0 Å². The minimum atomic E-state index is -0.453. The third kappa shape index (κ3) is 4.31. The molecule has 0 aromatic heterocycles. The maximum absolute atomic E-state index is 12.3. The van der Waals surface area contributed by atoms with Crippen molar-refractivity contribution in [3.8, 4) is 0 Å². The summed E-state index contributed by atoms with van der Waals surface area (Å²) in [6.45, 7) is 2.58.